The first kappa shape index (κ1) is 21.4. The van der Waals surface area contributed by atoms with E-state index in [1.807, 2.05) is 62.4 Å². The van der Waals surface area contributed by atoms with E-state index in [4.69, 9.17) is 14.5 Å². The van der Waals surface area contributed by atoms with E-state index in [1.54, 1.807) is 7.11 Å². The van der Waals surface area contributed by atoms with Crippen LogP contribution in [0.15, 0.2) is 48.5 Å². The number of nitrogens with zero attached hydrogens (tertiary/aromatic N) is 2. The van der Waals surface area contributed by atoms with E-state index in [-0.39, 0.29) is 6.04 Å². The van der Waals surface area contributed by atoms with Crippen molar-refractivity contribution < 1.29 is 14.3 Å². The molecule has 1 heterocycles. The second-order valence-corrected chi connectivity index (χ2v) is 7.08. The lowest BCUT2D eigenvalue weighted by atomic mass is 10.2. The van der Waals surface area contributed by atoms with Crippen LogP contribution in [0.1, 0.15) is 44.1 Å². The van der Waals surface area contributed by atoms with Crippen molar-refractivity contribution >= 4 is 23.5 Å². The Balaban J connectivity index is 1.61. The number of unbranched alkanes of at least 4 members (excludes halogenated alkanes) is 1. The maximum absolute atomic E-state index is 10.9. The second-order valence-electron chi connectivity index (χ2n) is 7.08. The molecule has 0 spiro atoms. The van der Waals surface area contributed by atoms with Crippen LogP contribution in [0.5, 0.6) is 11.5 Å². The molecule has 0 fully saturated rings. The number of benzene rings is 2. The monoisotopic (exact) mass is 407 g/mol. The number of hydrogen-bond donors (Lipinski definition) is 1. The topological polar surface area (TPSA) is 65.4 Å². The molecule has 3 aromatic rings. The molecule has 2 aromatic carbocycles. The number of aromatic nitrogens is 2. The Morgan fingerprint density at radius 1 is 1.17 bits per heavy atom. The van der Waals surface area contributed by atoms with Gasteiger partial charge >= 0.3 is 0 Å². The molecule has 6 nitrogen and oxygen atoms in total. The standard InChI is InChI=1S/C24H29N3O3/c1-4-9-19-12-13-22(23(16-19)29-3)30-15-8-7-14-27-21-11-6-5-10-20(21)26-24(27)18(2)25-17-28/h4-6,9-13,16-18H,7-8,14-15H2,1-3H3,(H,25,28)/b9-4+. The number of amides is 1. The van der Waals surface area contributed by atoms with Crippen LogP contribution in [0.2, 0.25) is 0 Å². The maximum atomic E-state index is 10.9. The minimum atomic E-state index is -0.147. The zero-order chi connectivity index (χ0) is 21.3. The average Bonchev–Trinajstić information content (AvgIpc) is 3.13. The molecule has 1 atom stereocenters. The van der Waals surface area contributed by atoms with Crippen molar-refractivity contribution in [3.63, 3.8) is 0 Å². The molecule has 1 amide bonds. The first-order valence-corrected chi connectivity index (χ1v) is 10.3. The first-order chi connectivity index (χ1) is 14.7. The van der Waals surface area contributed by atoms with Crippen molar-refractivity contribution in [2.75, 3.05) is 13.7 Å². The van der Waals surface area contributed by atoms with Crippen LogP contribution in [0, 0.1) is 0 Å². The van der Waals surface area contributed by atoms with E-state index >= 15 is 0 Å². The maximum Gasteiger partial charge on any atom is 0.207 e. The highest BCUT2D eigenvalue weighted by Gasteiger charge is 2.15. The molecule has 0 aliphatic heterocycles. The third-order valence-corrected chi connectivity index (χ3v) is 4.97. The number of methoxy groups -OCH3 is 1. The Morgan fingerprint density at radius 2 is 2.00 bits per heavy atom. The highest BCUT2D eigenvalue weighted by atomic mass is 16.5. The highest BCUT2D eigenvalue weighted by Crippen LogP contribution is 2.29. The quantitative estimate of drug-likeness (QED) is 0.368. The number of imidazole rings is 1. The number of hydrogen-bond acceptors (Lipinski definition) is 4. The van der Waals surface area contributed by atoms with Gasteiger partial charge in [0.25, 0.3) is 0 Å². The molecule has 0 saturated heterocycles. The van der Waals surface area contributed by atoms with Gasteiger partial charge in [0.1, 0.15) is 5.82 Å². The number of ether oxygens (including phenoxy) is 2. The lowest BCUT2D eigenvalue weighted by molar-refractivity contribution is -0.110. The summed E-state index contributed by atoms with van der Waals surface area (Å²) in [5, 5.41) is 2.81. The van der Waals surface area contributed by atoms with Crippen molar-refractivity contribution in [3.8, 4) is 11.5 Å². The minimum absolute atomic E-state index is 0.147. The van der Waals surface area contributed by atoms with Gasteiger partial charge in [-0.1, -0.05) is 30.4 Å². The molecule has 1 aromatic heterocycles. The number of carbonyl (C=O) groups is 1. The van der Waals surface area contributed by atoms with E-state index < -0.39 is 0 Å². The van der Waals surface area contributed by atoms with E-state index in [9.17, 15) is 4.79 Å². The van der Waals surface area contributed by atoms with Gasteiger partial charge in [-0.2, -0.15) is 0 Å². The van der Waals surface area contributed by atoms with Crippen molar-refractivity contribution in [1.82, 2.24) is 14.9 Å². The molecule has 1 unspecified atom stereocenters. The molecule has 1 N–H and O–H groups in total. The largest absolute Gasteiger partial charge is 0.493 e. The summed E-state index contributed by atoms with van der Waals surface area (Å²) in [4.78, 5) is 15.6. The summed E-state index contributed by atoms with van der Waals surface area (Å²) in [5.41, 5.74) is 3.10. The summed E-state index contributed by atoms with van der Waals surface area (Å²) < 4.78 is 13.6. The number of nitrogens with one attached hydrogen (secondary N) is 1. The van der Waals surface area contributed by atoms with Crippen LogP contribution >= 0.6 is 0 Å². The fraction of sp³-hybridized carbons (Fsp3) is 0.333. The van der Waals surface area contributed by atoms with Gasteiger partial charge < -0.3 is 19.4 Å². The Bertz CT molecular complexity index is 1010. The van der Waals surface area contributed by atoms with E-state index in [1.165, 1.54) is 0 Å². The van der Waals surface area contributed by atoms with E-state index in [2.05, 4.69) is 16.0 Å². The Labute approximate surface area is 177 Å². The number of fused-ring (bicyclic) bond motifs is 1. The predicted octanol–water partition coefficient (Wildman–Crippen LogP) is 4.74. The molecule has 30 heavy (non-hydrogen) atoms. The van der Waals surface area contributed by atoms with Gasteiger partial charge in [0.05, 0.1) is 30.8 Å². The number of carbonyl (C=O) groups excluding carboxylic acids is 1. The lowest BCUT2D eigenvalue weighted by Crippen LogP contribution is -2.20. The first-order valence-electron chi connectivity index (χ1n) is 10.3. The zero-order valence-electron chi connectivity index (χ0n) is 17.8. The molecule has 158 valence electrons. The molecule has 6 heteroatoms. The van der Waals surface area contributed by atoms with E-state index in [0.29, 0.717) is 6.61 Å². The summed E-state index contributed by atoms with van der Waals surface area (Å²) in [5.74, 6) is 2.36. The van der Waals surface area contributed by atoms with Crippen LogP contribution in [0.4, 0.5) is 0 Å². The SMILES string of the molecule is C/C=C/c1ccc(OCCCCn2c(C(C)NC=O)nc3ccccc32)c(OC)c1. The molecule has 0 saturated carbocycles. The fourth-order valence-corrected chi connectivity index (χ4v) is 3.49. The second kappa shape index (κ2) is 10.5. The number of rotatable bonds is 11. The molecular weight excluding hydrogens is 378 g/mol. The van der Waals surface area contributed by atoms with Gasteiger partial charge in [-0.15, -0.1) is 0 Å². The number of allylic oxidation sites excluding steroid dienone is 1. The normalized spacial score (nSPS) is 12.2. The summed E-state index contributed by atoms with van der Waals surface area (Å²) in [6, 6.07) is 13.8. The molecule has 0 radical (unpaired) electrons. The van der Waals surface area contributed by atoms with Gasteiger partial charge in [0, 0.05) is 6.54 Å². The van der Waals surface area contributed by atoms with Crippen molar-refractivity contribution in [2.24, 2.45) is 0 Å². The van der Waals surface area contributed by atoms with Gasteiger partial charge in [0.15, 0.2) is 11.5 Å². The van der Waals surface area contributed by atoms with Crippen LogP contribution in [0.3, 0.4) is 0 Å². The van der Waals surface area contributed by atoms with Gasteiger partial charge in [-0.3, -0.25) is 4.79 Å². The van der Waals surface area contributed by atoms with Crippen LogP contribution in [-0.2, 0) is 11.3 Å². The van der Waals surface area contributed by atoms with Crippen LogP contribution in [0.25, 0.3) is 17.1 Å². The van der Waals surface area contributed by atoms with Crippen LogP contribution in [-0.4, -0.2) is 29.7 Å². The predicted molar refractivity (Wildman–Crippen MR) is 120 cm³/mol. The summed E-state index contributed by atoms with van der Waals surface area (Å²) in [6.07, 6.45) is 6.56. The Morgan fingerprint density at radius 3 is 2.77 bits per heavy atom. The zero-order valence-corrected chi connectivity index (χ0v) is 17.8. The summed E-state index contributed by atoms with van der Waals surface area (Å²) >= 11 is 0. The van der Waals surface area contributed by atoms with Crippen LogP contribution < -0.4 is 14.8 Å². The van der Waals surface area contributed by atoms with Gasteiger partial charge in [-0.25, -0.2) is 4.98 Å². The number of para-hydroxylation sites is 2. The van der Waals surface area contributed by atoms with Crippen molar-refractivity contribution in [2.45, 2.75) is 39.3 Å². The summed E-state index contributed by atoms with van der Waals surface area (Å²) in [6.45, 7) is 5.34. The average molecular weight is 408 g/mol. The molecule has 0 aliphatic rings. The molecule has 0 aliphatic carbocycles. The molecule has 0 bridgehead atoms. The van der Waals surface area contributed by atoms with E-state index in [0.717, 1.165) is 59.7 Å². The van der Waals surface area contributed by atoms with Crippen molar-refractivity contribution in [3.05, 3.63) is 59.9 Å². The third-order valence-electron chi connectivity index (χ3n) is 4.97. The Hall–Kier alpha value is -3.28. The lowest BCUT2D eigenvalue weighted by Gasteiger charge is -2.15. The smallest absolute Gasteiger partial charge is 0.207 e. The molecule has 3 rings (SSSR count). The highest BCUT2D eigenvalue weighted by molar-refractivity contribution is 5.76. The van der Waals surface area contributed by atoms with Gasteiger partial charge in [0.2, 0.25) is 6.41 Å². The third kappa shape index (κ3) is 5.00. The summed E-state index contributed by atoms with van der Waals surface area (Å²) in [7, 11) is 1.65. The number of aryl methyl sites for hydroxylation is 1. The van der Waals surface area contributed by atoms with Gasteiger partial charge in [-0.05, 0) is 56.5 Å². The fourth-order valence-electron chi connectivity index (χ4n) is 3.49. The molecular formula is C24H29N3O3. The minimum Gasteiger partial charge on any atom is -0.493 e. The van der Waals surface area contributed by atoms with Crippen molar-refractivity contribution in [1.29, 1.82) is 0 Å². The Kier molecular flexibility index (Phi) is 7.49.